The van der Waals surface area contributed by atoms with E-state index in [1.54, 1.807) is 13.0 Å². The summed E-state index contributed by atoms with van der Waals surface area (Å²) in [6.45, 7) is 4.84. The van der Waals surface area contributed by atoms with Crippen molar-refractivity contribution in [2.75, 3.05) is 37.7 Å². The molecule has 0 N–H and O–H groups in total. The maximum Gasteiger partial charge on any atom is 0.339 e. The molecule has 0 saturated carbocycles. The van der Waals surface area contributed by atoms with Gasteiger partial charge in [0.2, 0.25) is 0 Å². The van der Waals surface area contributed by atoms with Crippen molar-refractivity contribution in [2.24, 2.45) is 0 Å². The lowest BCUT2D eigenvalue weighted by Crippen LogP contribution is -2.49. The van der Waals surface area contributed by atoms with Crippen LogP contribution in [-0.4, -0.2) is 54.5 Å². The van der Waals surface area contributed by atoms with Gasteiger partial charge in [-0.15, -0.1) is 0 Å². The average molecular weight is 339 g/mol. The molecule has 0 atom stereocenters. The quantitative estimate of drug-likeness (QED) is 0.799. The molecule has 1 aliphatic rings. The number of piperazine rings is 1. The van der Waals surface area contributed by atoms with E-state index in [0.29, 0.717) is 43.9 Å². The van der Waals surface area contributed by atoms with Crippen LogP contribution in [0.2, 0.25) is 0 Å². The van der Waals surface area contributed by atoms with E-state index in [4.69, 9.17) is 4.74 Å². The highest BCUT2D eigenvalue weighted by Crippen LogP contribution is 2.16. The first-order chi connectivity index (χ1) is 12.2. The minimum atomic E-state index is -0.361. The topological polar surface area (TPSA) is 62.7 Å². The van der Waals surface area contributed by atoms with Gasteiger partial charge in [-0.1, -0.05) is 18.2 Å². The van der Waals surface area contributed by atoms with Crippen molar-refractivity contribution in [3.05, 3.63) is 59.8 Å². The molecule has 2 heterocycles. The van der Waals surface area contributed by atoms with Crippen LogP contribution in [0.15, 0.2) is 48.7 Å². The van der Waals surface area contributed by atoms with Crippen LogP contribution < -0.4 is 4.90 Å². The molecule has 1 fully saturated rings. The molecule has 1 aliphatic heterocycles. The lowest BCUT2D eigenvalue weighted by molar-refractivity contribution is 0.0525. The van der Waals surface area contributed by atoms with Crippen LogP contribution in [0, 0.1) is 0 Å². The summed E-state index contributed by atoms with van der Waals surface area (Å²) >= 11 is 0. The van der Waals surface area contributed by atoms with Gasteiger partial charge in [0, 0.05) is 37.9 Å². The number of ether oxygens (including phenoxy) is 1. The molecule has 0 spiro atoms. The molecule has 130 valence electrons. The van der Waals surface area contributed by atoms with Crippen LogP contribution in [0.5, 0.6) is 0 Å². The van der Waals surface area contributed by atoms with Gasteiger partial charge in [-0.3, -0.25) is 4.79 Å². The predicted octanol–water partition coefficient (Wildman–Crippen LogP) is 2.22. The van der Waals surface area contributed by atoms with Crippen molar-refractivity contribution in [1.82, 2.24) is 9.88 Å². The number of carbonyl (C=O) groups excluding carboxylic acids is 2. The van der Waals surface area contributed by atoms with Crippen molar-refractivity contribution in [3.8, 4) is 0 Å². The number of pyridine rings is 1. The lowest BCUT2D eigenvalue weighted by Gasteiger charge is -2.35. The zero-order chi connectivity index (χ0) is 17.6. The summed E-state index contributed by atoms with van der Waals surface area (Å²) in [5.74, 6) is 0.505. The molecule has 1 aromatic heterocycles. The zero-order valence-electron chi connectivity index (χ0n) is 14.2. The monoisotopic (exact) mass is 339 g/mol. The normalized spacial score (nSPS) is 14.3. The second-order valence-corrected chi connectivity index (χ2v) is 5.77. The lowest BCUT2D eigenvalue weighted by atomic mass is 10.2. The maximum absolute atomic E-state index is 12.5. The molecule has 6 nitrogen and oxygen atoms in total. The Kier molecular flexibility index (Phi) is 5.28. The van der Waals surface area contributed by atoms with E-state index in [0.717, 1.165) is 5.82 Å². The first kappa shape index (κ1) is 17.0. The Morgan fingerprint density at radius 3 is 2.32 bits per heavy atom. The van der Waals surface area contributed by atoms with Gasteiger partial charge in [-0.05, 0) is 31.2 Å². The zero-order valence-corrected chi connectivity index (χ0v) is 14.2. The summed E-state index contributed by atoms with van der Waals surface area (Å²) in [5, 5.41) is 0. The standard InChI is InChI=1S/C19H21N3O3/c1-2-25-19(24)16-8-9-17(20-14-16)21-10-12-22(13-11-21)18(23)15-6-4-3-5-7-15/h3-9,14H,2,10-13H2,1H3. The van der Waals surface area contributed by atoms with E-state index in [9.17, 15) is 9.59 Å². The number of aromatic nitrogens is 1. The van der Waals surface area contributed by atoms with Crippen molar-refractivity contribution >= 4 is 17.7 Å². The molecule has 2 aromatic rings. The maximum atomic E-state index is 12.5. The Morgan fingerprint density at radius 1 is 1.00 bits per heavy atom. The Labute approximate surface area is 147 Å². The van der Waals surface area contributed by atoms with Crippen molar-refractivity contribution < 1.29 is 14.3 Å². The van der Waals surface area contributed by atoms with E-state index in [1.807, 2.05) is 41.3 Å². The molecule has 6 heteroatoms. The molecule has 3 rings (SSSR count). The van der Waals surface area contributed by atoms with Gasteiger partial charge in [0.25, 0.3) is 5.91 Å². The number of benzene rings is 1. The van der Waals surface area contributed by atoms with Gasteiger partial charge >= 0.3 is 5.97 Å². The molecule has 1 aromatic carbocycles. The third-order valence-corrected chi connectivity index (χ3v) is 4.17. The van der Waals surface area contributed by atoms with E-state index in [2.05, 4.69) is 9.88 Å². The molecular formula is C19H21N3O3. The highest BCUT2D eigenvalue weighted by atomic mass is 16.5. The number of anilines is 1. The third kappa shape index (κ3) is 3.96. The number of carbonyl (C=O) groups is 2. The van der Waals surface area contributed by atoms with Gasteiger partial charge in [0.1, 0.15) is 5.82 Å². The highest BCUT2D eigenvalue weighted by Gasteiger charge is 2.22. The number of hydrogen-bond acceptors (Lipinski definition) is 5. The summed E-state index contributed by atoms with van der Waals surface area (Å²) < 4.78 is 4.96. The summed E-state index contributed by atoms with van der Waals surface area (Å²) in [7, 11) is 0. The molecular weight excluding hydrogens is 318 g/mol. The van der Waals surface area contributed by atoms with Gasteiger partial charge in [0.15, 0.2) is 0 Å². The number of rotatable bonds is 4. The number of hydrogen-bond donors (Lipinski definition) is 0. The molecule has 0 radical (unpaired) electrons. The fraction of sp³-hybridized carbons (Fsp3) is 0.316. The second-order valence-electron chi connectivity index (χ2n) is 5.77. The summed E-state index contributed by atoms with van der Waals surface area (Å²) in [6, 6.07) is 12.9. The summed E-state index contributed by atoms with van der Waals surface area (Å²) in [6.07, 6.45) is 1.54. The van der Waals surface area contributed by atoms with Gasteiger partial charge < -0.3 is 14.5 Å². The smallest absolute Gasteiger partial charge is 0.339 e. The Morgan fingerprint density at radius 2 is 1.72 bits per heavy atom. The second kappa shape index (κ2) is 7.79. The average Bonchev–Trinajstić information content (AvgIpc) is 2.68. The first-order valence-corrected chi connectivity index (χ1v) is 8.41. The third-order valence-electron chi connectivity index (χ3n) is 4.17. The molecule has 0 aliphatic carbocycles. The van der Waals surface area contributed by atoms with Gasteiger partial charge in [-0.25, -0.2) is 9.78 Å². The largest absolute Gasteiger partial charge is 0.462 e. The van der Waals surface area contributed by atoms with Crippen LogP contribution >= 0.6 is 0 Å². The van der Waals surface area contributed by atoms with Crippen LogP contribution in [0.3, 0.4) is 0 Å². The fourth-order valence-electron chi connectivity index (χ4n) is 2.81. The minimum Gasteiger partial charge on any atom is -0.462 e. The number of nitrogens with zero attached hydrogens (tertiary/aromatic N) is 3. The van der Waals surface area contributed by atoms with E-state index in [1.165, 1.54) is 6.20 Å². The molecule has 25 heavy (non-hydrogen) atoms. The van der Waals surface area contributed by atoms with Gasteiger partial charge in [0.05, 0.1) is 12.2 Å². The molecule has 0 bridgehead atoms. The van der Waals surface area contributed by atoms with Crippen LogP contribution in [0.4, 0.5) is 5.82 Å². The number of esters is 1. The first-order valence-electron chi connectivity index (χ1n) is 8.41. The van der Waals surface area contributed by atoms with Crippen LogP contribution in [0.1, 0.15) is 27.6 Å². The predicted molar refractivity (Wildman–Crippen MR) is 94.8 cm³/mol. The Bertz CT molecular complexity index is 723. The summed E-state index contributed by atoms with van der Waals surface area (Å²) in [5.41, 5.74) is 1.16. The van der Waals surface area contributed by atoms with Crippen molar-refractivity contribution in [2.45, 2.75) is 6.92 Å². The Balaban J connectivity index is 1.59. The van der Waals surface area contributed by atoms with Gasteiger partial charge in [-0.2, -0.15) is 0 Å². The van der Waals surface area contributed by atoms with Crippen molar-refractivity contribution in [3.63, 3.8) is 0 Å². The molecule has 1 amide bonds. The van der Waals surface area contributed by atoms with E-state index >= 15 is 0 Å². The summed E-state index contributed by atoms with van der Waals surface area (Å²) in [4.78, 5) is 32.5. The molecule has 0 unspecified atom stereocenters. The number of amides is 1. The minimum absolute atomic E-state index is 0.0610. The van der Waals surface area contributed by atoms with E-state index in [-0.39, 0.29) is 11.9 Å². The molecule has 1 saturated heterocycles. The van der Waals surface area contributed by atoms with Crippen molar-refractivity contribution in [1.29, 1.82) is 0 Å². The van der Waals surface area contributed by atoms with Crippen LogP contribution in [-0.2, 0) is 4.74 Å². The van der Waals surface area contributed by atoms with Crippen LogP contribution in [0.25, 0.3) is 0 Å². The van der Waals surface area contributed by atoms with E-state index < -0.39 is 0 Å². The Hall–Kier alpha value is -2.89. The highest BCUT2D eigenvalue weighted by molar-refractivity contribution is 5.94. The fourth-order valence-corrected chi connectivity index (χ4v) is 2.81. The SMILES string of the molecule is CCOC(=O)c1ccc(N2CCN(C(=O)c3ccccc3)CC2)nc1.